The smallest absolute Gasteiger partial charge is 0.213 e. The number of benzene rings is 1. The van der Waals surface area contributed by atoms with Gasteiger partial charge in [-0.15, -0.1) is 0 Å². The molecule has 2 rings (SSSR count). The average molecular weight is 322 g/mol. The van der Waals surface area contributed by atoms with Gasteiger partial charge in [-0.2, -0.15) is 0 Å². The first-order valence-electron chi connectivity index (χ1n) is 7.34. The summed E-state index contributed by atoms with van der Waals surface area (Å²) in [5.41, 5.74) is 2.02. The van der Waals surface area contributed by atoms with Crippen molar-refractivity contribution in [3.05, 3.63) is 30.1 Å². The Morgan fingerprint density at radius 2 is 2.05 bits per heavy atom. The van der Waals surface area contributed by atoms with Crippen molar-refractivity contribution in [2.24, 2.45) is 0 Å². The normalized spacial score (nSPS) is 12.0. The molecule has 0 bridgehead atoms. The molecule has 1 heterocycles. The summed E-state index contributed by atoms with van der Waals surface area (Å²) in [6.07, 6.45) is 2.25. The van der Waals surface area contributed by atoms with Gasteiger partial charge in [0.15, 0.2) is 0 Å². The molecule has 0 amide bonds. The summed E-state index contributed by atoms with van der Waals surface area (Å²) in [7, 11) is -1.49. The Morgan fingerprint density at radius 1 is 1.27 bits per heavy atom. The molecular weight excluding hydrogens is 300 g/mol. The van der Waals surface area contributed by atoms with E-state index in [-0.39, 0.29) is 5.75 Å². The highest BCUT2D eigenvalue weighted by Crippen LogP contribution is 2.22. The van der Waals surface area contributed by atoms with E-state index in [9.17, 15) is 8.42 Å². The fourth-order valence-electron chi connectivity index (χ4n) is 2.28. The minimum Gasteiger partial charge on any atom is -0.369 e. The zero-order chi connectivity index (χ0) is 16.2. The Balaban J connectivity index is 1.99. The van der Waals surface area contributed by atoms with Crippen molar-refractivity contribution in [1.82, 2.24) is 14.3 Å². The van der Waals surface area contributed by atoms with Crippen molar-refractivity contribution in [2.45, 2.75) is 20.3 Å². The molecule has 0 spiro atoms. The zero-order valence-corrected chi connectivity index (χ0v) is 14.0. The lowest BCUT2D eigenvalue weighted by molar-refractivity contribution is 0.466. The third-order valence-electron chi connectivity index (χ3n) is 3.65. The third kappa shape index (κ3) is 3.72. The van der Waals surface area contributed by atoms with Crippen molar-refractivity contribution >= 4 is 26.7 Å². The van der Waals surface area contributed by atoms with Gasteiger partial charge < -0.3 is 5.32 Å². The summed E-state index contributed by atoms with van der Waals surface area (Å²) in [6.45, 7) is 4.83. The summed E-state index contributed by atoms with van der Waals surface area (Å²) in [6, 6.07) is 5.95. The van der Waals surface area contributed by atoms with Crippen LogP contribution in [0, 0.1) is 6.92 Å². The number of aryl methyl sites for hydroxylation is 1. The molecule has 120 valence electrons. The highest BCUT2D eigenvalue weighted by atomic mass is 32.2. The minimum absolute atomic E-state index is 0.132. The fourth-order valence-corrected chi connectivity index (χ4v) is 3.13. The molecule has 0 radical (unpaired) electrons. The van der Waals surface area contributed by atoms with E-state index in [1.54, 1.807) is 14.0 Å². The first-order valence-corrected chi connectivity index (χ1v) is 8.95. The van der Waals surface area contributed by atoms with Gasteiger partial charge in [0.25, 0.3) is 0 Å². The number of fused-ring (bicyclic) bond motifs is 1. The van der Waals surface area contributed by atoms with E-state index in [1.807, 2.05) is 25.1 Å². The number of hydrogen-bond acceptors (Lipinski definition) is 5. The van der Waals surface area contributed by atoms with E-state index < -0.39 is 10.0 Å². The van der Waals surface area contributed by atoms with E-state index >= 15 is 0 Å². The summed E-state index contributed by atoms with van der Waals surface area (Å²) in [5, 5.41) is 4.29. The SMILES string of the molecule is CCS(=O)(=O)N(C)CCCNc1ncnc2cccc(C)c12. The van der Waals surface area contributed by atoms with Gasteiger partial charge in [0, 0.05) is 25.5 Å². The summed E-state index contributed by atoms with van der Waals surface area (Å²) in [4.78, 5) is 8.56. The highest BCUT2D eigenvalue weighted by Gasteiger charge is 2.14. The van der Waals surface area contributed by atoms with E-state index in [2.05, 4.69) is 15.3 Å². The number of sulfonamides is 1. The van der Waals surface area contributed by atoms with Gasteiger partial charge in [0.05, 0.1) is 11.3 Å². The Labute approximate surface area is 131 Å². The van der Waals surface area contributed by atoms with E-state index in [0.717, 1.165) is 22.3 Å². The number of nitrogens with zero attached hydrogens (tertiary/aromatic N) is 3. The number of nitrogens with one attached hydrogen (secondary N) is 1. The predicted octanol–water partition coefficient (Wildman–Crippen LogP) is 2.02. The monoisotopic (exact) mass is 322 g/mol. The van der Waals surface area contributed by atoms with E-state index in [0.29, 0.717) is 19.5 Å². The quantitative estimate of drug-likeness (QED) is 0.789. The molecule has 2 aromatic rings. The van der Waals surface area contributed by atoms with Gasteiger partial charge in [0.1, 0.15) is 12.1 Å². The second-order valence-corrected chi connectivity index (χ2v) is 7.56. The number of rotatable bonds is 7. The largest absolute Gasteiger partial charge is 0.369 e. The molecule has 0 aliphatic rings. The van der Waals surface area contributed by atoms with Crippen molar-refractivity contribution in [1.29, 1.82) is 0 Å². The maximum absolute atomic E-state index is 11.7. The lowest BCUT2D eigenvalue weighted by Crippen LogP contribution is -2.30. The molecule has 1 aromatic carbocycles. The van der Waals surface area contributed by atoms with Crippen molar-refractivity contribution in [2.75, 3.05) is 31.2 Å². The van der Waals surface area contributed by atoms with Crippen LogP contribution in [0.4, 0.5) is 5.82 Å². The molecule has 0 aliphatic heterocycles. The molecule has 6 nitrogen and oxygen atoms in total. The van der Waals surface area contributed by atoms with Crippen molar-refractivity contribution in [3.63, 3.8) is 0 Å². The van der Waals surface area contributed by atoms with E-state index in [4.69, 9.17) is 0 Å². The van der Waals surface area contributed by atoms with Crippen LogP contribution in [0.3, 0.4) is 0 Å². The second-order valence-electron chi connectivity index (χ2n) is 5.19. The minimum atomic E-state index is -3.10. The molecule has 0 aliphatic carbocycles. The Morgan fingerprint density at radius 3 is 2.77 bits per heavy atom. The average Bonchev–Trinajstić information content (AvgIpc) is 2.51. The van der Waals surface area contributed by atoms with Crippen LogP contribution >= 0.6 is 0 Å². The van der Waals surface area contributed by atoms with Crippen LogP contribution in [-0.2, 0) is 10.0 Å². The van der Waals surface area contributed by atoms with Gasteiger partial charge in [-0.25, -0.2) is 22.7 Å². The molecule has 7 heteroatoms. The topological polar surface area (TPSA) is 75.2 Å². The van der Waals surface area contributed by atoms with Crippen molar-refractivity contribution in [3.8, 4) is 0 Å². The molecule has 22 heavy (non-hydrogen) atoms. The zero-order valence-electron chi connectivity index (χ0n) is 13.2. The van der Waals surface area contributed by atoms with Crippen LogP contribution in [0.2, 0.25) is 0 Å². The first kappa shape index (κ1) is 16.6. The molecule has 0 saturated heterocycles. The van der Waals surface area contributed by atoms with Crippen molar-refractivity contribution < 1.29 is 8.42 Å². The predicted molar refractivity (Wildman–Crippen MR) is 89.5 cm³/mol. The van der Waals surface area contributed by atoms with Crippen LogP contribution in [0.1, 0.15) is 18.9 Å². The van der Waals surface area contributed by atoms with Gasteiger partial charge in [-0.1, -0.05) is 12.1 Å². The first-order chi connectivity index (χ1) is 10.5. The number of anilines is 1. The van der Waals surface area contributed by atoms with Crippen LogP contribution < -0.4 is 5.32 Å². The van der Waals surface area contributed by atoms with Crippen LogP contribution in [0.25, 0.3) is 10.9 Å². The summed E-state index contributed by atoms with van der Waals surface area (Å²) < 4.78 is 24.7. The van der Waals surface area contributed by atoms with Gasteiger partial charge in [-0.3, -0.25) is 0 Å². The maximum Gasteiger partial charge on any atom is 0.213 e. The molecule has 1 aromatic heterocycles. The maximum atomic E-state index is 11.7. The molecule has 0 saturated carbocycles. The van der Waals surface area contributed by atoms with Gasteiger partial charge >= 0.3 is 0 Å². The Bertz CT molecular complexity index is 741. The summed E-state index contributed by atoms with van der Waals surface area (Å²) in [5.74, 6) is 0.927. The Kier molecular flexibility index (Phi) is 5.31. The van der Waals surface area contributed by atoms with Gasteiger partial charge in [-0.05, 0) is 31.9 Å². The molecule has 1 N–H and O–H groups in total. The third-order valence-corrected chi connectivity index (χ3v) is 5.52. The van der Waals surface area contributed by atoms with Crippen LogP contribution in [-0.4, -0.2) is 48.6 Å². The lowest BCUT2D eigenvalue weighted by Gasteiger charge is -2.16. The standard InChI is InChI=1S/C15H22N4O2S/c1-4-22(20,21)19(3)10-6-9-16-15-14-12(2)7-5-8-13(14)17-11-18-15/h5,7-8,11H,4,6,9-10H2,1-3H3,(H,16,17,18). The number of hydrogen-bond donors (Lipinski definition) is 1. The van der Waals surface area contributed by atoms with Crippen LogP contribution in [0.15, 0.2) is 24.5 Å². The highest BCUT2D eigenvalue weighted by molar-refractivity contribution is 7.89. The lowest BCUT2D eigenvalue weighted by atomic mass is 10.1. The summed E-state index contributed by atoms with van der Waals surface area (Å²) >= 11 is 0. The van der Waals surface area contributed by atoms with Crippen LogP contribution in [0.5, 0.6) is 0 Å². The molecular formula is C15H22N4O2S. The Hall–Kier alpha value is -1.73. The second kappa shape index (κ2) is 7.02. The van der Waals surface area contributed by atoms with Gasteiger partial charge in [0.2, 0.25) is 10.0 Å². The number of aromatic nitrogens is 2. The molecule has 0 atom stereocenters. The molecule has 0 fully saturated rings. The molecule has 0 unspecified atom stereocenters. The van der Waals surface area contributed by atoms with E-state index in [1.165, 1.54) is 10.6 Å². The fraction of sp³-hybridized carbons (Fsp3) is 0.467.